The summed E-state index contributed by atoms with van der Waals surface area (Å²) in [5, 5.41) is 0. The first kappa shape index (κ1) is 14.1. The van der Waals surface area contributed by atoms with Gasteiger partial charge in [-0.25, -0.2) is 0 Å². The highest BCUT2D eigenvalue weighted by molar-refractivity contribution is 5.31. The van der Waals surface area contributed by atoms with Gasteiger partial charge in [-0.15, -0.1) is 0 Å². The second-order valence-corrected chi connectivity index (χ2v) is 5.77. The van der Waals surface area contributed by atoms with Gasteiger partial charge in [-0.1, -0.05) is 32.4 Å². The number of hydrogen-bond donors (Lipinski definition) is 0. The summed E-state index contributed by atoms with van der Waals surface area (Å²) >= 11 is 0. The lowest BCUT2D eigenvalue weighted by molar-refractivity contribution is -0.137. The van der Waals surface area contributed by atoms with E-state index >= 15 is 0 Å². The summed E-state index contributed by atoms with van der Waals surface area (Å²) in [6.07, 6.45) is -2.68. The van der Waals surface area contributed by atoms with E-state index in [0.29, 0.717) is 12.0 Å². The normalized spacial score (nSPS) is 12.9. The zero-order valence-electron chi connectivity index (χ0n) is 10.8. The summed E-state index contributed by atoms with van der Waals surface area (Å²) in [6, 6.07) is 4.29. The van der Waals surface area contributed by atoms with E-state index in [4.69, 9.17) is 0 Å². The number of rotatable bonds is 2. The summed E-state index contributed by atoms with van der Waals surface area (Å²) in [5.74, 6) is 0. The molecular formula is C14H19F3. The zero-order valence-corrected chi connectivity index (χ0v) is 10.8. The SMILES string of the molecule is Cc1cc(CCC(C)(C)C)cc(C(F)(F)F)c1. The van der Waals surface area contributed by atoms with Crippen LogP contribution >= 0.6 is 0 Å². The maximum atomic E-state index is 12.6. The summed E-state index contributed by atoms with van der Waals surface area (Å²) in [6.45, 7) is 7.98. The van der Waals surface area contributed by atoms with E-state index < -0.39 is 11.7 Å². The van der Waals surface area contributed by atoms with Crippen LogP contribution in [-0.2, 0) is 12.6 Å². The van der Waals surface area contributed by atoms with Crippen LogP contribution in [0.15, 0.2) is 18.2 Å². The molecule has 0 aliphatic rings. The molecule has 3 heteroatoms. The van der Waals surface area contributed by atoms with E-state index in [1.54, 1.807) is 6.92 Å². The minimum atomic E-state index is -4.25. The van der Waals surface area contributed by atoms with Crippen molar-refractivity contribution in [2.75, 3.05) is 0 Å². The number of halogens is 3. The maximum absolute atomic E-state index is 12.6. The summed E-state index contributed by atoms with van der Waals surface area (Å²) in [5.41, 5.74) is 1.04. The van der Waals surface area contributed by atoms with E-state index in [0.717, 1.165) is 12.0 Å². The largest absolute Gasteiger partial charge is 0.416 e. The summed E-state index contributed by atoms with van der Waals surface area (Å²) in [4.78, 5) is 0. The van der Waals surface area contributed by atoms with Crippen LogP contribution in [0.25, 0.3) is 0 Å². The van der Waals surface area contributed by atoms with Crippen LogP contribution in [0.3, 0.4) is 0 Å². The molecule has 1 rings (SSSR count). The first-order valence-corrected chi connectivity index (χ1v) is 5.76. The molecular weight excluding hydrogens is 225 g/mol. The van der Waals surface area contributed by atoms with Crippen LogP contribution in [0.5, 0.6) is 0 Å². The Kier molecular flexibility index (Phi) is 3.90. The van der Waals surface area contributed by atoms with E-state index in [-0.39, 0.29) is 5.41 Å². The van der Waals surface area contributed by atoms with E-state index in [2.05, 4.69) is 20.8 Å². The Hall–Kier alpha value is -0.990. The highest BCUT2D eigenvalue weighted by Gasteiger charge is 2.30. The van der Waals surface area contributed by atoms with Crippen LogP contribution in [0.2, 0.25) is 0 Å². The standard InChI is InChI=1S/C14H19F3/c1-10-7-11(5-6-13(2,3)4)9-12(8-10)14(15,16)17/h7-9H,5-6H2,1-4H3. The van der Waals surface area contributed by atoms with Crippen molar-refractivity contribution in [2.24, 2.45) is 5.41 Å². The van der Waals surface area contributed by atoms with Gasteiger partial charge >= 0.3 is 6.18 Å². The monoisotopic (exact) mass is 244 g/mol. The molecule has 0 saturated carbocycles. The molecule has 0 N–H and O–H groups in total. The molecule has 17 heavy (non-hydrogen) atoms. The second-order valence-electron chi connectivity index (χ2n) is 5.77. The lowest BCUT2D eigenvalue weighted by Gasteiger charge is -2.18. The van der Waals surface area contributed by atoms with Gasteiger partial charge in [-0.2, -0.15) is 13.2 Å². The predicted molar refractivity (Wildman–Crippen MR) is 64.0 cm³/mol. The van der Waals surface area contributed by atoms with Crippen molar-refractivity contribution in [1.82, 2.24) is 0 Å². The third-order valence-corrected chi connectivity index (χ3v) is 2.63. The number of aryl methyl sites for hydroxylation is 2. The van der Waals surface area contributed by atoms with Gasteiger partial charge in [0.1, 0.15) is 0 Å². The Morgan fingerprint density at radius 2 is 1.59 bits per heavy atom. The fourth-order valence-corrected chi connectivity index (χ4v) is 1.69. The van der Waals surface area contributed by atoms with Gasteiger partial charge < -0.3 is 0 Å². The molecule has 1 aromatic rings. The molecule has 0 spiro atoms. The lowest BCUT2D eigenvalue weighted by atomic mass is 9.88. The van der Waals surface area contributed by atoms with E-state index in [9.17, 15) is 13.2 Å². The Morgan fingerprint density at radius 1 is 1.00 bits per heavy atom. The Labute approximate surface area is 101 Å². The molecule has 0 fully saturated rings. The van der Waals surface area contributed by atoms with Gasteiger partial charge in [0.25, 0.3) is 0 Å². The molecule has 0 aliphatic heterocycles. The minimum absolute atomic E-state index is 0.141. The Bertz CT molecular complexity index is 383. The first-order chi connectivity index (χ1) is 7.58. The Morgan fingerprint density at radius 3 is 2.06 bits per heavy atom. The van der Waals surface area contributed by atoms with Crippen molar-refractivity contribution in [3.8, 4) is 0 Å². The van der Waals surface area contributed by atoms with Gasteiger partial charge in [0, 0.05) is 0 Å². The molecule has 0 saturated heterocycles. The van der Waals surface area contributed by atoms with Gasteiger partial charge in [0.2, 0.25) is 0 Å². The van der Waals surface area contributed by atoms with Crippen LogP contribution in [0, 0.1) is 12.3 Å². The third-order valence-electron chi connectivity index (χ3n) is 2.63. The number of hydrogen-bond acceptors (Lipinski definition) is 0. The third kappa shape index (κ3) is 4.80. The van der Waals surface area contributed by atoms with Gasteiger partial charge in [0.15, 0.2) is 0 Å². The molecule has 0 nitrogen and oxygen atoms in total. The topological polar surface area (TPSA) is 0 Å². The molecule has 0 aliphatic carbocycles. The molecule has 0 atom stereocenters. The van der Waals surface area contributed by atoms with Crippen LogP contribution < -0.4 is 0 Å². The van der Waals surface area contributed by atoms with Gasteiger partial charge in [-0.05, 0) is 42.9 Å². The van der Waals surface area contributed by atoms with Crippen LogP contribution in [0.1, 0.15) is 43.9 Å². The molecule has 0 aromatic heterocycles. The van der Waals surface area contributed by atoms with Crippen molar-refractivity contribution < 1.29 is 13.2 Å². The molecule has 0 heterocycles. The Balaban J connectivity index is 2.91. The van der Waals surface area contributed by atoms with Gasteiger partial charge in [0.05, 0.1) is 5.56 Å². The summed E-state index contributed by atoms with van der Waals surface area (Å²) in [7, 11) is 0. The smallest absolute Gasteiger partial charge is 0.166 e. The molecule has 0 amide bonds. The quantitative estimate of drug-likeness (QED) is 0.687. The number of alkyl halides is 3. The fraction of sp³-hybridized carbons (Fsp3) is 0.571. The highest BCUT2D eigenvalue weighted by atomic mass is 19.4. The van der Waals surface area contributed by atoms with Crippen molar-refractivity contribution in [3.63, 3.8) is 0 Å². The maximum Gasteiger partial charge on any atom is 0.416 e. The molecule has 0 unspecified atom stereocenters. The van der Waals surface area contributed by atoms with Crippen LogP contribution in [0.4, 0.5) is 13.2 Å². The van der Waals surface area contributed by atoms with Crippen molar-refractivity contribution in [2.45, 2.75) is 46.7 Å². The average Bonchev–Trinajstić information content (AvgIpc) is 2.11. The first-order valence-electron chi connectivity index (χ1n) is 5.76. The molecule has 0 bridgehead atoms. The fourth-order valence-electron chi connectivity index (χ4n) is 1.69. The van der Waals surface area contributed by atoms with Gasteiger partial charge in [-0.3, -0.25) is 0 Å². The number of benzene rings is 1. The predicted octanol–water partition coefficient (Wildman–Crippen LogP) is 4.99. The molecule has 96 valence electrons. The minimum Gasteiger partial charge on any atom is -0.166 e. The second kappa shape index (κ2) is 4.71. The zero-order chi connectivity index (χ0) is 13.3. The summed E-state index contributed by atoms with van der Waals surface area (Å²) < 4.78 is 37.9. The molecule has 0 radical (unpaired) electrons. The van der Waals surface area contributed by atoms with E-state index in [1.807, 2.05) is 6.07 Å². The van der Waals surface area contributed by atoms with Crippen LogP contribution in [-0.4, -0.2) is 0 Å². The van der Waals surface area contributed by atoms with Crippen molar-refractivity contribution in [3.05, 3.63) is 34.9 Å². The molecule has 1 aromatic carbocycles. The lowest BCUT2D eigenvalue weighted by Crippen LogP contribution is -2.09. The van der Waals surface area contributed by atoms with Crippen molar-refractivity contribution >= 4 is 0 Å². The average molecular weight is 244 g/mol. The highest BCUT2D eigenvalue weighted by Crippen LogP contribution is 2.31. The van der Waals surface area contributed by atoms with Crippen molar-refractivity contribution in [1.29, 1.82) is 0 Å². The van der Waals surface area contributed by atoms with E-state index in [1.165, 1.54) is 12.1 Å².